The first-order valence-electron chi connectivity index (χ1n) is 6.11. The Labute approximate surface area is 115 Å². The van der Waals surface area contributed by atoms with Crippen molar-refractivity contribution in [3.8, 4) is 11.4 Å². The van der Waals surface area contributed by atoms with Crippen LogP contribution in [-0.2, 0) is 4.74 Å². The number of hydrogen-bond acceptors (Lipinski definition) is 5. The summed E-state index contributed by atoms with van der Waals surface area (Å²) in [5.74, 6) is -1.26. The molecule has 0 amide bonds. The number of rotatable bonds is 3. The molecule has 0 atom stereocenters. The standard InChI is InChI=1S/C14H14N2O4/c1-3-20-14(19)13-11(17)8-12(18)16(15-13)10-7-5-4-6-9(10)2/h4-8,17H,3H2,1-2H3. The van der Waals surface area contributed by atoms with Gasteiger partial charge in [-0.1, -0.05) is 18.2 Å². The summed E-state index contributed by atoms with van der Waals surface area (Å²) >= 11 is 0. The number of para-hydroxylation sites is 1. The Morgan fingerprint density at radius 2 is 2.10 bits per heavy atom. The summed E-state index contributed by atoms with van der Waals surface area (Å²) in [6, 6.07) is 8.06. The van der Waals surface area contributed by atoms with Crippen LogP contribution in [-0.4, -0.2) is 27.5 Å². The first-order chi connectivity index (χ1) is 9.54. The fourth-order valence-corrected chi connectivity index (χ4v) is 1.77. The summed E-state index contributed by atoms with van der Waals surface area (Å²) in [5.41, 5.74) is 0.560. The molecule has 6 heteroatoms. The number of carbonyl (C=O) groups is 1. The average Bonchev–Trinajstić information content (AvgIpc) is 2.40. The zero-order valence-electron chi connectivity index (χ0n) is 11.2. The highest BCUT2D eigenvalue weighted by molar-refractivity contribution is 5.89. The van der Waals surface area contributed by atoms with Gasteiger partial charge in [0.1, 0.15) is 0 Å². The summed E-state index contributed by atoms with van der Waals surface area (Å²) in [6.45, 7) is 3.62. The lowest BCUT2D eigenvalue weighted by atomic mass is 10.2. The summed E-state index contributed by atoms with van der Waals surface area (Å²) in [6.07, 6.45) is 0. The van der Waals surface area contributed by atoms with Gasteiger partial charge < -0.3 is 9.84 Å². The van der Waals surface area contributed by atoms with E-state index in [1.807, 2.05) is 19.1 Å². The monoisotopic (exact) mass is 274 g/mol. The lowest BCUT2D eigenvalue weighted by molar-refractivity contribution is 0.0513. The second-order valence-electron chi connectivity index (χ2n) is 4.14. The minimum absolute atomic E-state index is 0.156. The van der Waals surface area contributed by atoms with Gasteiger partial charge in [-0.15, -0.1) is 0 Å². The van der Waals surface area contributed by atoms with Crippen LogP contribution >= 0.6 is 0 Å². The van der Waals surface area contributed by atoms with E-state index in [9.17, 15) is 14.7 Å². The molecule has 0 aliphatic heterocycles. The Bertz CT molecular complexity index is 707. The normalized spacial score (nSPS) is 10.3. The molecular formula is C14H14N2O4. The number of ether oxygens (including phenoxy) is 1. The number of esters is 1. The van der Waals surface area contributed by atoms with Gasteiger partial charge >= 0.3 is 5.97 Å². The van der Waals surface area contributed by atoms with Crippen molar-refractivity contribution < 1.29 is 14.6 Å². The van der Waals surface area contributed by atoms with Gasteiger partial charge in [-0.3, -0.25) is 4.79 Å². The van der Waals surface area contributed by atoms with Crippen molar-refractivity contribution in [2.75, 3.05) is 6.61 Å². The summed E-state index contributed by atoms with van der Waals surface area (Å²) < 4.78 is 5.86. The first kappa shape index (κ1) is 13.8. The van der Waals surface area contributed by atoms with E-state index in [4.69, 9.17) is 4.74 Å². The molecule has 1 heterocycles. The topological polar surface area (TPSA) is 81.4 Å². The number of nitrogens with zero attached hydrogens (tertiary/aromatic N) is 2. The van der Waals surface area contributed by atoms with Crippen LogP contribution in [0.3, 0.4) is 0 Å². The fraction of sp³-hybridized carbons (Fsp3) is 0.214. The van der Waals surface area contributed by atoms with Crippen molar-refractivity contribution in [3.63, 3.8) is 0 Å². The average molecular weight is 274 g/mol. The number of aromatic nitrogens is 2. The SMILES string of the molecule is CCOC(=O)c1nn(-c2ccccc2C)c(=O)cc1O. The molecule has 0 saturated heterocycles. The minimum Gasteiger partial charge on any atom is -0.505 e. The van der Waals surface area contributed by atoms with Crippen LogP contribution in [0, 0.1) is 6.92 Å². The molecule has 1 aromatic heterocycles. The van der Waals surface area contributed by atoms with E-state index in [2.05, 4.69) is 5.10 Å². The zero-order valence-corrected chi connectivity index (χ0v) is 11.2. The Kier molecular flexibility index (Phi) is 3.84. The van der Waals surface area contributed by atoms with Gasteiger partial charge in [0.2, 0.25) is 5.69 Å². The summed E-state index contributed by atoms with van der Waals surface area (Å²) in [5, 5.41) is 13.6. The Hall–Kier alpha value is -2.63. The van der Waals surface area contributed by atoms with Crippen LogP contribution in [0.2, 0.25) is 0 Å². The maximum Gasteiger partial charge on any atom is 0.362 e. The van der Waals surface area contributed by atoms with Gasteiger partial charge in [-0.05, 0) is 25.5 Å². The van der Waals surface area contributed by atoms with E-state index in [1.165, 1.54) is 0 Å². The molecule has 0 aliphatic carbocycles. The number of hydrogen-bond donors (Lipinski definition) is 1. The van der Waals surface area contributed by atoms with Crippen molar-refractivity contribution in [3.05, 3.63) is 51.9 Å². The molecule has 0 saturated carbocycles. The molecular weight excluding hydrogens is 260 g/mol. The van der Waals surface area contributed by atoms with E-state index in [0.29, 0.717) is 5.69 Å². The van der Waals surface area contributed by atoms with Crippen LogP contribution in [0.4, 0.5) is 0 Å². The number of aryl methyl sites for hydroxylation is 1. The summed E-state index contributed by atoms with van der Waals surface area (Å²) in [7, 11) is 0. The van der Waals surface area contributed by atoms with E-state index in [0.717, 1.165) is 16.3 Å². The van der Waals surface area contributed by atoms with Crippen molar-refractivity contribution in [2.45, 2.75) is 13.8 Å². The van der Waals surface area contributed by atoms with Crippen molar-refractivity contribution in [1.29, 1.82) is 0 Å². The van der Waals surface area contributed by atoms with E-state index >= 15 is 0 Å². The van der Waals surface area contributed by atoms with Crippen LogP contribution in [0.1, 0.15) is 23.0 Å². The molecule has 104 valence electrons. The van der Waals surface area contributed by atoms with Crippen molar-refractivity contribution in [1.82, 2.24) is 9.78 Å². The molecule has 2 aromatic rings. The third-order valence-corrected chi connectivity index (χ3v) is 2.72. The second-order valence-corrected chi connectivity index (χ2v) is 4.14. The summed E-state index contributed by atoms with van der Waals surface area (Å²) in [4.78, 5) is 23.6. The fourth-order valence-electron chi connectivity index (χ4n) is 1.77. The highest BCUT2D eigenvalue weighted by Crippen LogP contribution is 2.15. The van der Waals surface area contributed by atoms with Crippen LogP contribution in [0.5, 0.6) is 5.75 Å². The molecule has 0 unspecified atom stereocenters. The number of benzene rings is 1. The Balaban J connectivity index is 2.61. The second kappa shape index (κ2) is 5.56. The van der Waals surface area contributed by atoms with Gasteiger partial charge in [0.25, 0.3) is 5.56 Å². The minimum atomic E-state index is -0.771. The van der Waals surface area contributed by atoms with E-state index < -0.39 is 17.3 Å². The largest absolute Gasteiger partial charge is 0.505 e. The maximum atomic E-state index is 11.9. The predicted molar refractivity (Wildman–Crippen MR) is 72.2 cm³/mol. The van der Waals surface area contributed by atoms with Gasteiger partial charge in [0, 0.05) is 6.07 Å². The molecule has 0 radical (unpaired) electrons. The first-order valence-corrected chi connectivity index (χ1v) is 6.11. The smallest absolute Gasteiger partial charge is 0.362 e. The third kappa shape index (κ3) is 2.54. The van der Waals surface area contributed by atoms with E-state index in [-0.39, 0.29) is 12.3 Å². The maximum absolute atomic E-state index is 11.9. The third-order valence-electron chi connectivity index (χ3n) is 2.72. The van der Waals surface area contributed by atoms with Gasteiger partial charge in [0.15, 0.2) is 5.75 Å². The van der Waals surface area contributed by atoms with Crippen molar-refractivity contribution >= 4 is 5.97 Å². The highest BCUT2D eigenvalue weighted by atomic mass is 16.5. The molecule has 0 fully saturated rings. The van der Waals surface area contributed by atoms with Crippen LogP contribution in [0.15, 0.2) is 35.1 Å². The Morgan fingerprint density at radius 3 is 2.75 bits per heavy atom. The number of aromatic hydroxyl groups is 1. The lowest BCUT2D eigenvalue weighted by Crippen LogP contribution is -2.24. The lowest BCUT2D eigenvalue weighted by Gasteiger charge is -2.10. The van der Waals surface area contributed by atoms with Gasteiger partial charge in [-0.2, -0.15) is 9.78 Å². The molecule has 0 spiro atoms. The quantitative estimate of drug-likeness (QED) is 0.856. The molecule has 6 nitrogen and oxygen atoms in total. The van der Waals surface area contributed by atoms with Gasteiger partial charge in [-0.25, -0.2) is 4.79 Å². The zero-order chi connectivity index (χ0) is 14.7. The number of carbonyl (C=O) groups excluding carboxylic acids is 1. The Morgan fingerprint density at radius 1 is 1.40 bits per heavy atom. The highest BCUT2D eigenvalue weighted by Gasteiger charge is 2.18. The van der Waals surface area contributed by atoms with Crippen LogP contribution in [0.25, 0.3) is 5.69 Å². The van der Waals surface area contributed by atoms with Gasteiger partial charge in [0.05, 0.1) is 12.3 Å². The molecule has 20 heavy (non-hydrogen) atoms. The van der Waals surface area contributed by atoms with Crippen molar-refractivity contribution in [2.24, 2.45) is 0 Å². The van der Waals surface area contributed by atoms with E-state index in [1.54, 1.807) is 19.1 Å². The predicted octanol–water partition coefficient (Wildman–Crippen LogP) is 1.42. The molecule has 1 aromatic carbocycles. The molecule has 2 rings (SSSR count). The molecule has 1 N–H and O–H groups in total. The van der Waals surface area contributed by atoms with Crippen LogP contribution < -0.4 is 5.56 Å². The molecule has 0 bridgehead atoms. The molecule has 0 aliphatic rings.